The Labute approximate surface area is 146 Å². The lowest BCUT2D eigenvalue weighted by Crippen LogP contribution is -2.39. The van der Waals surface area contributed by atoms with Gasteiger partial charge in [-0.2, -0.15) is 9.97 Å². The van der Waals surface area contributed by atoms with Gasteiger partial charge in [0.1, 0.15) is 0 Å². The highest BCUT2D eigenvalue weighted by Crippen LogP contribution is 2.35. The zero-order valence-corrected chi connectivity index (χ0v) is 14.3. The molecule has 1 aliphatic heterocycles. The van der Waals surface area contributed by atoms with E-state index in [0.29, 0.717) is 24.9 Å². The molecule has 3 rings (SSSR count). The normalized spacial score (nSPS) is 20.3. The summed E-state index contributed by atoms with van der Waals surface area (Å²) in [7, 11) is 0. The van der Waals surface area contributed by atoms with Crippen LogP contribution in [0.25, 0.3) is 0 Å². The van der Waals surface area contributed by atoms with E-state index in [-0.39, 0.29) is 23.3 Å². The summed E-state index contributed by atoms with van der Waals surface area (Å²) in [5.74, 6) is 1.29. The zero-order chi connectivity index (χ0) is 18.0. The van der Waals surface area contributed by atoms with Gasteiger partial charge in [0, 0.05) is 18.8 Å². The van der Waals surface area contributed by atoms with E-state index in [1.807, 2.05) is 35.2 Å². The molecule has 1 fully saturated rings. The number of benzene rings is 1. The van der Waals surface area contributed by atoms with Crippen molar-refractivity contribution in [2.45, 2.75) is 20.3 Å². The van der Waals surface area contributed by atoms with Gasteiger partial charge in [0.15, 0.2) is 0 Å². The molecule has 0 unspecified atom stereocenters. The maximum Gasteiger partial charge on any atom is 0.353 e. The number of hydrogen-bond donors (Lipinski definition) is 2. The Morgan fingerprint density at radius 3 is 2.44 bits per heavy atom. The van der Waals surface area contributed by atoms with E-state index in [9.17, 15) is 10.1 Å². The van der Waals surface area contributed by atoms with Crippen LogP contribution in [0, 0.1) is 22.0 Å². The molecule has 2 heterocycles. The van der Waals surface area contributed by atoms with Crippen LogP contribution in [-0.2, 0) is 0 Å². The molecule has 0 bridgehead atoms. The molecular weight excluding hydrogens is 320 g/mol. The van der Waals surface area contributed by atoms with Crippen LogP contribution < -0.4 is 16.0 Å². The van der Waals surface area contributed by atoms with Gasteiger partial charge in [-0.1, -0.05) is 32.0 Å². The number of anilines is 4. The van der Waals surface area contributed by atoms with Crippen LogP contribution in [0.4, 0.5) is 29.0 Å². The minimum atomic E-state index is -0.499. The van der Waals surface area contributed by atoms with E-state index in [1.165, 1.54) is 0 Å². The smallest absolute Gasteiger partial charge is 0.353 e. The molecule has 132 valence electrons. The Bertz CT molecular complexity index is 757. The second-order valence-corrected chi connectivity index (χ2v) is 6.70. The third-order valence-electron chi connectivity index (χ3n) is 4.27. The maximum atomic E-state index is 11.5. The van der Waals surface area contributed by atoms with Crippen molar-refractivity contribution in [3.8, 4) is 0 Å². The van der Waals surface area contributed by atoms with Gasteiger partial charge in [-0.05, 0) is 30.4 Å². The maximum absolute atomic E-state index is 11.5. The van der Waals surface area contributed by atoms with Crippen molar-refractivity contribution in [3.63, 3.8) is 0 Å². The number of nitrogen functional groups attached to an aromatic ring is 1. The number of rotatable bonds is 4. The monoisotopic (exact) mass is 342 g/mol. The minimum absolute atomic E-state index is 0.126. The van der Waals surface area contributed by atoms with Gasteiger partial charge in [-0.15, -0.1) is 0 Å². The molecule has 0 radical (unpaired) electrons. The SMILES string of the molecule is C[C@@H]1C[C@H](C)CN(c2nc(Nc3ccccc3)nc(N)c2[N+](=O)[O-])C1. The first kappa shape index (κ1) is 16.9. The first-order valence-electron chi connectivity index (χ1n) is 8.33. The van der Waals surface area contributed by atoms with E-state index in [0.717, 1.165) is 12.1 Å². The molecule has 2 aromatic rings. The molecule has 1 aromatic heterocycles. The Morgan fingerprint density at radius 1 is 1.20 bits per heavy atom. The first-order chi connectivity index (χ1) is 11.9. The molecule has 1 aliphatic rings. The van der Waals surface area contributed by atoms with Gasteiger partial charge >= 0.3 is 5.69 Å². The standard InChI is InChI=1S/C17H22N6O2/c1-11-8-12(2)10-22(9-11)16-14(23(24)25)15(18)20-17(21-16)19-13-6-4-3-5-7-13/h3-7,11-12H,8-10H2,1-2H3,(H3,18,19,20,21)/t11-,12+. The molecule has 1 saturated heterocycles. The second-order valence-electron chi connectivity index (χ2n) is 6.70. The highest BCUT2D eigenvalue weighted by molar-refractivity contribution is 5.72. The van der Waals surface area contributed by atoms with Crippen molar-refractivity contribution < 1.29 is 4.92 Å². The molecule has 2 atom stereocenters. The summed E-state index contributed by atoms with van der Waals surface area (Å²) in [5.41, 5.74) is 6.46. The summed E-state index contributed by atoms with van der Waals surface area (Å²) in [5, 5.41) is 14.6. The Kier molecular flexibility index (Phi) is 4.69. The second kappa shape index (κ2) is 6.92. The third kappa shape index (κ3) is 3.78. The average Bonchev–Trinajstić information content (AvgIpc) is 2.54. The number of nitrogens with one attached hydrogen (secondary N) is 1. The molecule has 0 spiro atoms. The number of para-hydroxylation sites is 1. The van der Waals surface area contributed by atoms with Crippen LogP contribution in [0.2, 0.25) is 0 Å². The predicted octanol–water partition coefficient (Wildman–Crippen LogP) is 3.19. The molecule has 8 nitrogen and oxygen atoms in total. The molecule has 8 heteroatoms. The highest BCUT2D eigenvalue weighted by atomic mass is 16.6. The van der Waals surface area contributed by atoms with E-state index in [1.54, 1.807) is 0 Å². The van der Waals surface area contributed by atoms with Crippen LogP contribution >= 0.6 is 0 Å². The van der Waals surface area contributed by atoms with Gasteiger partial charge in [-0.25, -0.2) is 0 Å². The zero-order valence-electron chi connectivity index (χ0n) is 14.3. The Balaban J connectivity index is 2.00. The summed E-state index contributed by atoms with van der Waals surface area (Å²) >= 11 is 0. The lowest BCUT2D eigenvalue weighted by Gasteiger charge is -2.35. The van der Waals surface area contributed by atoms with Gasteiger partial charge in [-0.3, -0.25) is 10.1 Å². The predicted molar refractivity (Wildman–Crippen MR) is 98.0 cm³/mol. The summed E-state index contributed by atoms with van der Waals surface area (Å²) in [6.45, 7) is 5.71. The number of hydrogen-bond acceptors (Lipinski definition) is 7. The van der Waals surface area contributed by atoms with Crippen LogP contribution in [-0.4, -0.2) is 28.0 Å². The molecule has 3 N–H and O–H groups in total. The molecule has 0 amide bonds. The lowest BCUT2D eigenvalue weighted by atomic mass is 9.92. The van der Waals surface area contributed by atoms with E-state index < -0.39 is 4.92 Å². The summed E-state index contributed by atoms with van der Waals surface area (Å²) in [6, 6.07) is 9.40. The first-order valence-corrected chi connectivity index (χ1v) is 8.33. The summed E-state index contributed by atoms with van der Waals surface area (Å²) in [4.78, 5) is 21.5. The molecule has 0 aliphatic carbocycles. The van der Waals surface area contributed by atoms with Crippen molar-refractivity contribution >= 4 is 29.0 Å². The highest BCUT2D eigenvalue weighted by Gasteiger charge is 2.31. The van der Waals surface area contributed by atoms with E-state index >= 15 is 0 Å². The van der Waals surface area contributed by atoms with Crippen molar-refractivity contribution in [2.24, 2.45) is 11.8 Å². The number of nitro groups is 1. The summed E-state index contributed by atoms with van der Waals surface area (Å²) in [6.07, 6.45) is 1.10. The Hall–Kier alpha value is -2.90. The Morgan fingerprint density at radius 2 is 1.84 bits per heavy atom. The van der Waals surface area contributed by atoms with Crippen molar-refractivity contribution in [2.75, 3.05) is 29.0 Å². The van der Waals surface area contributed by atoms with Crippen LogP contribution in [0.3, 0.4) is 0 Å². The van der Waals surface area contributed by atoms with Gasteiger partial charge in [0.05, 0.1) is 4.92 Å². The van der Waals surface area contributed by atoms with E-state index in [4.69, 9.17) is 5.73 Å². The van der Waals surface area contributed by atoms with Crippen molar-refractivity contribution in [1.82, 2.24) is 9.97 Å². The molecule has 25 heavy (non-hydrogen) atoms. The fourth-order valence-electron chi connectivity index (χ4n) is 3.40. The van der Waals surface area contributed by atoms with Crippen molar-refractivity contribution in [1.29, 1.82) is 0 Å². The third-order valence-corrected chi connectivity index (χ3v) is 4.27. The lowest BCUT2D eigenvalue weighted by molar-refractivity contribution is -0.383. The number of nitrogens with zero attached hydrogens (tertiary/aromatic N) is 4. The average molecular weight is 342 g/mol. The van der Waals surface area contributed by atoms with Gasteiger partial charge in [0.25, 0.3) is 0 Å². The number of aromatic nitrogens is 2. The van der Waals surface area contributed by atoms with Crippen LogP contribution in [0.15, 0.2) is 30.3 Å². The summed E-state index contributed by atoms with van der Waals surface area (Å²) < 4.78 is 0. The van der Waals surface area contributed by atoms with Gasteiger partial charge in [0.2, 0.25) is 17.6 Å². The largest absolute Gasteiger partial charge is 0.378 e. The van der Waals surface area contributed by atoms with Crippen molar-refractivity contribution in [3.05, 3.63) is 40.4 Å². The molecular formula is C17H22N6O2. The van der Waals surface area contributed by atoms with Crippen LogP contribution in [0.1, 0.15) is 20.3 Å². The fraction of sp³-hybridized carbons (Fsp3) is 0.412. The topological polar surface area (TPSA) is 110 Å². The molecule has 0 saturated carbocycles. The van der Waals surface area contributed by atoms with Crippen LogP contribution in [0.5, 0.6) is 0 Å². The quantitative estimate of drug-likeness (QED) is 0.648. The number of nitrogens with two attached hydrogens (primary N) is 1. The fourth-order valence-corrected chi connectivity index (χ4v) is 3.40. The van der Waals surface area contributed by atoms with E-state index in [2.05, 4.69) is 29.1 Å². The van der Waals surface area contributed by atoms with Gasteiger partial charge < -0.3 is 16.0 Å². The number of piperidine rings is 1. The minimum Gasteiger partial charge on any atom is -0.378 e. The molecule has 1 aromatic carbocycles.